The Hall–Kier alpha value is -4.20. The smallest absolute Gasteiger partial charge is 0.251 e. The van der Waals surface area contributed by atoms with Crippen molar-refractivity contribution in [1.82, 2.24) is 14.9 Å². The molecule has 1 heterocycles. The molecule has 0 aliphatic heterocycles. The van der Waals surface area contributed by atoms with Gasteiger partial charge in [0.1, 0.15) is 18.2 Å². The number of rotatable bonds is 12. The van der Waals surface area contributed by atoms with Crippen molar-refractivity contribution >= 4 is 16.9 Å². The minimum Gasteiger partial charge on any atom is -0.493 e. The molecule has 3 aromatic carbocycles. The quantitative estimate of drug-likeness (QED) is 0.302. The number of aromatic nitrogens is 2. The molecular formula is C29H33N3O5. The Kier molecular flexibility index (Phi) is 8.51. The summed E-state index contributed by atoms with van der Waals surface area (Å²) in [7, 11) is 4.57. The summed E-state index contributed by atoms with van der Waals surface area (Å²) in [6, 6.07) is 19.5. The average molecular weight is 504 g/mol. The first-order valence-corrected chi connectivity index (χ1v) is 12.3. The minimum atomic E-state index is -0.235. The molecule has 37 heavy (non-hydrogen) atoms. The number of amides is 1. The molecule has 194 valence electrons. The van der Waals surface area contributed by atoms with Crippen molar-refractivity contribution in [1.29, 1.82) is 0 Å². The maximum absolute atomic E-state index is 12.9. The van der Waals surface area contributed by atoms with Crippen LogP contribution in [-0.4, -0.2) is 49.9 Å². The number of nitrogens with one attached hydrogen (secondary N) is 1. The number of methoxy groups -OCH3 is 3. The highest BCUT2D eigenvalue weighted by Crippen LogP contribution is 2.38. The lowest BCUT2D eigenvalue weighted by molar-refractivity contribution is 0.0953. The van der Waals surface area contributed by atoms with E-state index in [1.807, 2.05) is 30.3 Å². The monoisotopic (exact) mass is 503 g/mol. The van der Waals surface area contributed by atoms with Gasteiger partial charge in [-0.3, -0.25) is 4.79 Å². The third-order valence-corrected chi connectivity index (χ3v) is 6.21. The van der Waals surface area contributed by atoms with Gasteiger partial charge in [-0.05, 0) is 48.4 Å². The van der Waals surface area contributed by atoms with Crippen LogP contribution >= 0.6 is 0 Å². The van der Waals surface area contributed by atoms with E-state index in [0.29, 0.717) is 48.9 Å². The molecule has 0 saturated carbocycles. The number of carbonyl (C=O) groups is 1. The third-order valence-electron chi connectivity index (χ3n) is 6.21. The van der Waals surface area contributed by atoms with E-state index in [0.717, 1.165) is 29.0 Å². The highest BCUT2D eigenvalue weighted by atomic mass is 16.5. The average Bonchev–Trinajstić information content (AvgIpc) is 3.29. The molecule has 0 radical (unpaired) electrons. The number of hydrogen-bond acceptors (Lipinski definition) is 6. The van der Waals surface area contributed by atoms with Gasteiger partial charge in [0.15, 0.2) is 11.5 Å². The Morgan fingerprint density at radius 3 is 2.30 bits per heavy atom. The summed E-state index contributed by atoms with van der Waals surface area (Å²) in [5.74, 6) is 2.80. The number of ether oxygens (including phenoxy) is 4. The van der Waals surface area contributed by atoms with Crippen LogP contribution in [0.5, 0.6) is 23.0 Å². The fourth-order valence-corrected chi connectivity index (χ4v) is 4.24. The van der Waals surface area contributed by atoms with Gasteiger partial charge in [-0.1, -0.05) is 31.2 Å². The zero-order chi connectivity index (χ0) is 26.2. The molecule has 1 N–H and O–H groups in total. The summed E-state index contributed by atoms with van der Waals surface area (Å²) in [4.78, 5) is 17.7. The third kappa shape index (κ3) is 5.97. The van der Waals surface area contributed by atoms with Gasteiger partial charge in [-0.25, -0.2) is 4.98 Å². The second-order valence-electron chi connectivity index (χ2n) is 8.43. The number of nitrogens with zero attached hydrogens (tertiary/aromatic N) is 2. The highest BCUT2D eigenvalue weighted by molar-refractivity contribution is 5.95. The van der Waals surface area contributed by atoms with Crippen LogP contribution in [-0.2, 0) is 19.4 Å². The van der Waals surface area contributed by atoms with Crippen molar-refractivity contribution in [3.05, 3.63) is 77.6 Å². The standard InChI is InChI=1S/C29H33N3O5/c1-5-20-10-12-22(13-11-20)37-17-16-32-24-9-7-6-8-23(24)31-27(32)14-15-30-29(33)21-18-25(34-2)28(36-4)26(19-21)35-3/h6-13,18-19H,5,14-17H2,1-4H3,(H,30,33). The highest BCUT2D eigenvalue weighted by Gasteiger charge is 2.17. The van der Waals surface area contributed by atoms with Crippen molar-refractivity contribution in [3.63, 3.8) is 0 Å². The van der Waals surface area contributed by atoms with Crippen molar-refractivity contribution in [3.8, 4) is 23.0 Å². The topological polar surface area (TPSA) is 83.8 Å². The van der Waals surface area contributed by atoms with E-state index in [9.17, 15) is 4.79 Å². The lowest BCUT2D eigenvalue weighted by atomic mass is 10.1. The first-order valence-electron chi connectivity index (χ1n) is 12.3. The van der Waals surface area contributed by atoms with Crippen LogP contribution in [0.1, 0.15) is 28.7 Å². The van der Waals surface area contributed by atoms with E-state index < -0.39 is 0 Å². The zero-order valence-corrected chi connectivity index (χ0v) is 21.7. The lowest BCUT2D eigenvalue weighted by Crippen LogP contribution is -2.27. The molecule has 0 unspecified atom stereocenters. The van der Waals surface area contributed by atoms with Gasteiger partial charge in [0.25, 0.3) is 5.91 Å². The summed E-state index contributed by atoms with van der Waals surface area (Å²) >= 11 is 0. The normalized spacial score (nSPS) is 10.8. The number of para-hydroxylation sites is 2. The number of imidazole rings is 1. The number of carbonyl (C=O) groups excluding carboxylic acids is 1. The maximum atomic E-state index is 12.9. The summed E-state index contributed by atoms with van der Waals surface area (Å²) in [5.41, 5.74) is 3.66. The number of fused-ring (bicyclic) bond motifs is 1. The SMILES string of the molecule is CCc1ccc(OCCn2c(CCNC(=O)c3cc(OC)c(OC)c(OC)c3)nc3ccccc32)cc1. The fraction of sp³-hybridized carbons (Fsp3) is 0.310. The predicted molar refractivity (Wildman–Crippen MR) is 143 cm³/mol. The van der Waals surface area contributed by atoms with Gasteiger partial charge >= 0.3 is 0 Å². The summed E-state index contributed by atoms with van der Waals surface area (Å²) in [6.07, 6.45) is 1.57. The minimum absolute atomic E-state index is 0.235. The van der Waals surface area contributed by atoms with Crippen LogP contribution in [0.25, 0.3) is 11.0 Å². The molecule has 0 fully saturated rings. The van der Waals surface area contributed by atoms with E-state index in [1.165, 1.54) is 26.9 Å². The van der Waals surface area contributed by atoms with Crippen LogP contribution in [0.4, 0.5) is 0 Å². The van der Waals surface area contributed by atoms with Gasteiger partial charge in [0.05, 0.1) is 38.9 Å². The molecule has 0 aliphatic rings. The molecule has 0 saturated heterocycles. The van der Waals surface area contributed by atoms with Crippen LogP contribution in [0.2, 0.25) is 0 Å². The molecule has 0 atom stereocenters. The second-order valence-corrected chi connectivity index (χ2v) is 8.43. The summed E-state index contributed by atoms with van der Waals surface area (Å²) in [6.45, 7) is 3.70. The van der Waals surface area contributed by atoms with Crippen LogP contribution in [0.3, 0.4) is 0 Å². The molecule has 0 spiro atoms. The Balaban J connectivity index is 1.43. The second kappa shape index (κ2) is 12.2. The van der Waals surface area contributed by atoms with Crippen molar-refractivity contribution in [2.75, 3.05) is 34.5 Å². The zero-order valence-electron chi connectivity index (χ0n) is 21.7. The molecule has 4 aromatic rings. The van der Waals surface area contributed by atoms with Gasteiger partial charge in [-0.2, -0.15) is 0 Å². The fourth-order valence-electron chi connectivity index (χ4n) is 4.24. The molecule has 1 aromatic heterocycles. The molecule has 0 aliphatic carbocycles. The van der Waals surface area contributed by atoms with E-state index in [2.05, 4.69) is 35.0 Å². The van der Waals surface area contributed by atoms with Crippen molar-refractivity contribution < 1.29 is 23.7 Å². The van der Waals surface area contributed by atoms with Gasteiger partial charge < -0.3 is 28.8 Å². The lowest BCUT2D eigenvalue weighted by Gasteiger charge is -2.14. The maximum Gasteiger partial charge on any atom is 0.251 e. The molecule has 1 amide bonds. The van der Waals surface area contributed by atoms with Crippen LogP contribution in [0.15, 0.2) is 60.7 Å². The Bertz CT molecular complexity index is 1320. The largest absolute Gasteiger partial charge is 0.493 e. The first-order chi connectivity index (χ1) is 18.1. The predicted octanol–water partition coefficient (Wildman–Crippen LogP) is 4.68. The molecular weight excluding hydrogens is 470 g/mol. The number of benzene rings is 3. The molecule has 8 heteroatoms. The molecule has 4 rings (SSSR count). The van der Waals surface area contributed by atoms with Gasteiger partial charge in [0.2, 0.25) is 5.75 Å². The summed E-state index contributed by atoms with van der Waals surface area (Å²) < 4.78 is 24.2. The van der Waals surface area contributed by atoms with Crippen LogP contribution < -0.4 is 24.3 Å². The van der Waals surface area contributed by atoms with E-state index in [4.69, 9.17) is 23.9 Å². The molecule has 0 bridgehead atoms. The van der Waals surface area contributed by atoms with Crippen LogP contribution in [0, 0.1) is 0 Å². The van der Waals surface area contributed by atoms with Gasteiger partial charge in [0, 0.05) is 18.5 Å². The van der Waals surface area contributed by atoms with E-state index >= 15 is 0 Å². The Labute approximate surface area is 217 Å². The number of aryl methyl sites for hydroxylation is 1. The molecule has 8 nitrogen and oxygen atoms in total. The van der Waals surface area contributed by atoms with Crippen molar-refractivity contribution in [2.24, 2.45) is 0 Å². The Morgan fingerprint density at radius 1 is 0.946 bits per heavy atom. The Morgan fingerprint density at radius 2 is 1.65 bits per heavy atom. The van der Waals surface area contributed by atoms with Gasteiger partial charge in [-0.15, -0.1) is 0 Å². The number of hydrogen-bond donors (Lipinski definition) is 1. The summed E-state index contributed by atoms with van der Waals surface area (Å²) in [5, 5.41) is 2.98. The van der Waals surface area contributed by atoms with E-state index in [-0.39, 0.29) is 5.91 Å². The first kappa shape index (κ1) is 25.9. The van der Waals surface area contributed by atoms with E-state index in [1.54, 1.807) is 12.1 Å². The van der Waals surface area contributed by atoms with Crippen molar-refractivity contribution in [2.45, 2.75) is 26.3 Å².